The van der Waals surface area contributed by atoms with E-state index in [0.29, 0.717) is 0 Å². The molecule has 0 saturated carbocycles. The van der Waals surface area contributed by atoms with E-state index in [-0.39, 0.29) is 67.6 Å². The molecule has 27 N–H and O–H groups in total. The minimum atomic E-state index is -1.94. The van der Waals surface area contributed by atoms with Crippen LogP contribution in [0.1, 0.15) is 63.9 Å². The van der Waals surface area contributed by atoms with Crippen molar-refractivity contribution in [1.29, 1.82) is 0 Å². The van der Waals surface area contributed by atoms with Crippen molar-refractivity contribution in [1.82, 2.24) is 68.7 Å². The van der Waals surface area contributed by atoms with Gasteiger partial charge >= 0.3 is 5.97 Å². The molecule has 0 unspecified atom stereocenters. The Kier molecular flexibility index (Phi) is 37.9. The molecular weight excluding hydrogens is 1390 g/mol. The molecule has 0 bridgehead atoms. The highest BCUT2D eigenvalue weighted by atomic mass is 32.1. The maximum Gasteiger partial charge on any atom is 0.327 e. The Labute approximate surface area is 587 Å². The van der Waals surface area contributed by atoms with Crippen LogP contribution in [0.2, 0.25) is 0 Å². The predicted molar refractivity (Wildman–Crippen MR) is 362 cm³/mol. The van der Waals surface area contributed by atoms with Crippen LogP contribution in [0.25, 0.3) is 0 Å². The smallest absolute Gasteiger partial charge is 0.327 e. The van der Waals surface area contributed by atoms with E-state index in [9.17, 15) is 96.8 Å². The minimum Gasteiger partial charge on any atom is -0.508 e. The van der Waals surface area contributed by atoms with Gasteiger partial charge in [0, 0.05) is 48.9 Å². The molecule has 0 radical (unpaired) electrons. The van der Waals surface area contributed by atoms with Gasteiger partial charge in [-0.05, 0) is 56.7 Å². The third-order valence-electron chi connectivity index (χ3n) is 14.3. The summed E-state index contributed by atoms with van der Waals surface area (Å²) in [5.74, 6) is -20.1. The lowest BCUT2D eigenvalue weighted by Gasteiger charge is -2.30. The Bertz CT molecular complexity index is 3120. The molecule has 12 atom stereocenters. The third kappa shape index (κ3) is 30.5. The number of hydrogen-bond donors (Lipinski definition) is 25. The molecule has 40 nitrogen and oxygen atoms in total. The number of nitrogens with zero attached hydrogens (tertiary/aromatic N) is 2. The molecule has 44 heteroatoms. The molecule has 0 aromatic heterocycles. The van der Waals surface area contributed by atoms with E-state index in [4.69, 9.17) is 34.4 Å². The number of aliphatic hydroxyl groups excluding tert-OH is 1. The van der Waals surface area contributed by atoms with Gasteiger partial charge in [-0.25, -0.2) is 4.79 Å². The van der Waals surface area contributed by atoms with Crippen molar-refractivity contribution in [2.24, 2.45) is 39.4 Å². The number of nitrogens with two attached hydrogens (primary N) is 6. The highest BCUT2D eigenvalue weighted by molar-refractivity contribution is 7.80. The van der Waals surface area contributed by atoms with Crippen molar-refractivity contribution in [3.8, 4) is 5.75 Å². The van der Waals surface area contributed by atoms with Crippen LogP contribution in [0, 0.1) is 0 Å². The quantitative estimate of drug-likeness (QED) is 0.0125. The number of carboxylic acid groups (broad SMARTS) is 1. The number of carbonyl (C=O) groups is 17. The highest BCUT2D eigenvalue weighted by Crippen LogP contribution is 2.20. The first-order valence-corrected chi connectivity index (χ1v) is 32.7. The van der Waals surface area contributed by atoms with Crippen molar-refractivity contribution in [3.05, 3.63) is 29.8 Å². The number of rotatable bonds is 44. The van der Waals surface area contributed by atoms with E-state index in [2.05, 4.69) is 119 Å². The molecule has 1 aromatic rings. The minimum absolute atomic E-state index is 0.0117. The maximum absolute atomic E-state index is 14.1. The van der Waals surface area contributed by atoms with E-state index in [0.717, 1.165) is 4.90 Å². The van der Waals surface area contributed by atoms with Gasteiger partial charge in [0.05, 0.1) is 32.5 Å². The molecule has 1 saturated heterocycles. The SMILES string of the molecule is C[C@H](NC(=O)[C@@H]1CCCN1C(=O)[C@H](CC(N)=O)NC(=O)[C@H](CS)NC(=O)[C@H](CS)NC(=O)[C@H](CCCN=C(N)N)NC(=O)CN)C(=O)N[C@@H](CS)C(=O)NCC(=O)N[C@@H](CCC(N)=O)C(=O)N[C@@H](CC(N)=O)C(=O)N[C@@H](Cc1ccc(O)cc1)C(=O)N[C@@H](CO)C(=O)N[C@@H](CS)C(=O)O. The molecule has 1 aromatic carbocycles. The number of carbonyl (C=O) groups excluding carboxylic acids is 16. The van der Waals surface area contributed by atoms with Crippen LogP contribution in [-0.4, -0.2) is 255 Å². The largest absolute Gasteiger partial charge is 0.508 e. The van der Waals surface area contributed by atoms with Crippen molar-refractivity contribution >= 4 is 157 Å². The summed E-state index contributed by atoms with van der Waals surface area (Å²) in [6.07, 6.45) is -2.84. The molecule has 550 valence electrons. The van der Waals surface area contributed by atoms with Crippen molar-refractivity contribution in [2.45, 2.75) is 137 Å². The van der Waals surface area contributed by atoms with Gasteiger partial charge in [-0.3, -0.25) is 81.7 Å². The van der Waals surface area contributed by atoms with Gasteiger partial charge in [-0.15, -0.1) is 0 Å². The molecule has 16 amide bonds. The second-order valence-corrected chi connectivity index (χ2v) is 23.4. The number of thiol groups is 4. The average molecular weight is 1480 g/mol. The van der Waals surface area contributed by atoms with Crippen LogP contribution < -0.4 is 98.2 Å². The number of phenolic OH excluding ortho intramolecular Hbond substituents is 1. The monoisotopic (exact) mass is 1470 g/mol. The fraction of sp³-hybridized carbons (Fsp3) is 0.564. The fourth-order valence-corrected chi connectivity index (χ4v) is 10.1. The molecule has 0 aliphatic carbocycles. The summed E-state index contributed by atoms with van der Waals surface area (Å²) in [6.45, 7) is -1.27. The van der Waals surface area contributed by atoms with E-state index in [1.807, 2.05) is 0 Å². The topological polar surface area (TPSA) is 667 Å². The van der Waals surface area contributed by atoms with Crippen LogP contribution in [0.4, 0.5) is 0 Å². The van der Waals surface area contributed by atoms with E-state index < -0.39 is 236 Å². The van der Waals surface area contributed by atoms with Crippen molar-refractivity contribution in [2.75, 3.05) is 55.8 Å². The van der Waals surface area contributed by atoms with Gasteiger partial charge in [0.25, 0.3) is 0 Å². The first-order valence-electron chi connectivity index (χ1n) is 30.2. The number of carboxylic acids is 1. The Hall–Kier alpha value is -9.40. The number of benzene rings is 1. The number of aliphatic carboxylic acids is 1. The number of phenols is 1. The van der Waals surface area contributed by atoms with E-state index in [1.54, 1.807) is 0 Å². The second-order valence-electron chi connectivity index (χ2n) is 22.0. The summed E-state index contributed by atoms with van der Waals surface area (Å²) in [5.41, 5.74) is 32.5. The Morgan fingerprint density at radius 3 is 1.49 bits per heavy atom. The Balaban J connectivity index is 2.19. The maximum atomic E-state index is 14.1. The average Bonchev–Trinajstić information content (AvgIpc) is 1.60. The number of likely N-dealkylation sites (tertiary alicyclic amines) is 1. The Morgan fingerprint density at radius 2 is 0.980 bits per heavy atom. The standard InChI is InChI=1S/C55H86N20O20S4/c1-24(64-52(92)37-5-3-13-75(37)53(93)31(16-40(59)80)69-50(90)34(21-97)73-51(91)35(22-98)72-45(85)27(65-41(81)17-56)4-2-12-62-55(60)61)43(83)71-33(20-96)44(84)63-18-42(82)66-28(10-11-38(57)78)46(86)68-30(15-39(58)79)48(88)67-29(14-25-6-8-26(77)9-7-25)47(87)70-32(19-76)49(89)74-36(23-99)54(94)95/h6-9,24,27-37,76-77,96-99H,2-5,10-23,56H2,1H3,(H2,57,78)(H2,58,79)(H2,59,80)(H,63,84)(H,64,92)(H,65,81)(H,66,82)(H,67,88)(H,68,86)(H,69,90)(H,70,87)(H,71,83)(H,72,85)(H,73,91)(H,74,89)(H,94,95)(H4,60,61,62)/t24-,27-,28-,29-,30-,31-,32-,33-,34-,35-,36-,37-/m0/s1. The number of aliphatic hydroxyl groups is 1. The molecule has 1 fully saturated rings. The molecule has 1 heterocycles. The van der Waals surface area contributed by atoms with Crippen molar-refractivity contribution in [3.63, 3.8) is 0 Å². The number of guanidine groups is 1. The number of nitrogens with one attached hydrogen (secondary N) is 12. The normalized spacial score (nSPS) is 15.7. The molecule has 2 rings (SSSR count). The van der Waals surface area contributed by atoms with Gasteiger partial charge in [-0.2, -0.15) is 50.5 Å². The number of hydrogen-bond acceptors (Lipinski definition) is 25. The summed E-state index contributed by atoms with van der Waals surface area (Å²) in [7, 11) is 0. The number of amides is 16. The zero-order valence-electron chi connectivity index (χ0n) is 53.4. The zero-order chi connectivity index (χ0) is 74.8. The molecule has 99 heavy (non-hydrogen) atoms. The highest BCUT2D eigenvalue weighted by Gasteiger charge is 2.41. The Morgan fingerprint density at radius 1 is 0.535 bits per heavy atom. The van der Waals surface area contributed by atoms with Gasteiger partial charge in [0.2, 0.25) is 94.5 Å². The van der Waals surface area contributed by atoms with Gasteiger partial charge in [0.1, 0.15) is 78.3 Å². The molecule has 1 aliphatic rings. The number of primary amides is 3. The lowest BCUT2D eigenvalue weighted by molar-refractivity contribution is -0.143. The summed E-state index contributed by atoms with van der Waals surface area (Å²) in [5, 5.41) is 56.7. The third-order valence-corrected chi connectivity index (χ3v) is 15.7. The van der Waals surface area contributed by atoms with E-state index >= 15 is 0 Å². The summed E-state index contributed by atoms with van der Waals surface area (Å²) in [6, 6.07) is -13.8. The van der Waals surface area contributed by atoms with Gasteiger partial charge < -0.3 is 118 Å². The van der Waals surface area contributed by atoms with Crippen LogP contribution in [0.15, 0.2) is 29.3 Å². The summed E-state index contributed by atoms with van der Waals surface area (Å²) < 4.78 is 0. The predicted octanol–water partition coefficient (Wildman–Crippen LogP) is -11.8. The van der Waals surface area contributed by atoms with Crippen LogP contribution in [0.3, 0.4) is 0 Å². The van der Waals surface area contributed by atoms with Crippen molar-refractivity contribution < 1.29 is 96.8 Å². The lowest BCUT2D eigenvalue weighted by Crippen LogP contribution is -2.61. The van der Waals surface area contributed by atoms with Crippen LogP contribution in [-0.2, 0) is 87.9 Å². The zero-order valence-corrected chi connectivity index (χ0v) is 57.0. The second kappa shape index (κ2) is 43.8. The van der Waals surface area contributed by atoms with Gasteiger partial charge in [0.15, 0.2) is 5.96 Å². The summed E-state index contributed by atoms with van der Waals surface area (Å²) >= 11 is 16.3. The molecule has 0 spiro atoms. The van der Waals surface area contributed by atoms with Crippen LogP contribution >= 0.6 is 50.5 Å². The fourth-order valence-electron chi connectivity index (χ4n) is 9.05. The number of aromatic hydroxyl groups is 1. The van der Waals surface area contributed by atoms with E-state index in [1.165, 1.54) is 31.2 Å². The number of aliphatic imine (C=N–C) groups is 1. The first-order chi connectivity index (χ1) is 46.6. The molecule has 1 aliphatic heterocycles. The molecular formula is C55H86N20O20S4. The van der Waals surface area contributed by atoms with Gasteiger partial charge in [-0.1, -0.05) is 12.1 Å². The summed E-state index contributed by atoms with van der Waals surface area (Å²) in [4.78, 5) is 228. The van der Waals surface area contributed by atoms with Crippen LogP contribution in [0.5, 0.6) is 5.75 Å². The first kappa shape index (κ1) is 85.7. The lowest BCUT2D eigenvalue weighted by atomic mass is 10.0.